The van der Waals surface area contributed by atoms with Crippen molar-refractivity contribution in [2.24, 2.45) is 0 Å². The van der Waals surface area contributed by atoms with Gasteiger partial charge in [0, 0.05) is 27.8 Å². The number of rotatable bonds is 7. The Labute approximate surface area is 126 Å². The first-order valence-electron chi connectivity index (χ1n) is 7.14. The van der Waals surface area contributed by atoms with Crippen molar-refractivity contribution in [1.29, 1.82) is 0 Å². The lowest BCUT2D eigenvalue weighted by atomic mass is 10.0. The Morgan fingerprint density at radius 1 is 1.05 bits per heavy atom. The van der Waals surface area contributed by atoms with Crippen molar-refractivity contribution in [2.45, 2.75) is 37.6 Å². The Bertz CT molecular complexity index is 397. The molecule has 118 valence electrons. The summed E-state index contributed by atoms with van der Waals surface area (Å²) >= 11 is 0. The van der Waals surface area contributed by atoms with E-state index < -0.39 is 6.29 Å². The molecule has 1 saturated heterocycles. The van der Waals surface area contributed by atoms with E-state index in [0.717, 1.165) is 12.0 Å². The number of ether oxygens (including phenoxy) is 5. The fraction of sp³-hybridized carbons (Fsp3) is 0.625. The molecule has 1 heterocycles. The minimum atomic E-state index is -0.403. The summed E-state index contributed by atoms with van der Waals surface area (Å²) in [4.78, 5) is 0. The van der Waals surface area contributed by atoms with Crippen molar-refractivity contribution >= 4 is 0 Å². The molecule has 0 aromatic heterocycles. The summed E-state index contributed by atoms with van der Waals surface area (Å²) in [6.07, 6.45) is -0.0391. The molecule has 0 unspecified atom stereocenters. The molecule has 5 heteroatoms. The summed E-state index contributed by atoms with van der Waals surface area (Å²) in [5.41, 5.74) is 1.13. The summed E-state index contributed by atoms with van der Waals surface area (Å²) < 4.78 is 27.9. The summed E-state index contributed by atoms with van der Waals surface area (Å²) in [6, 6.07) is 10.1. The van der Waals surface area contributed by atoms with Crippen LogP contribution in [0, 0.1) is 0 Å². The zero-order valence-corrected chi connectivity index (χ0v) is 12.9. The van der Waals surface area contributed by atoms with E-state index in [2.05, 4.69) is 0 Å². The van der Waals surface area contributed by atoms with Crippen LogP contribution in [0.3, 0.4) is 0 Å². The average molecular weight is 296 g/mol. The molecular weight excluding hydrogens is 272 g/mol. The summed E-state index contributed by atoms with van der Waals surface area (Å²) in [6.45, 7) is 1.00. The topological polar surface area (TPSA) is 46.2 Å². The number of benzene rings is 1. The minimum absolute atomic E-state index is 0.0582. The van der Waals surface area contributed by atoms with Gasteiger partial charge in [-0.2, -0.15) is 0 Å². The second-order valence-corrected chi connectivity index (χ2v) is 5.08. The highest BCUT2D eigenvalue weighted by atomic mass is 16.7. The molecule has 5 nitrogen and oxygen atoms in total. The first kappa shape index (κ1) is 16.4. The SMILES string of the molecule is COC[C@H]1O[C@H](OC)[C@H](OCc2ccccc2)C[C@@H]1OC. The molecule has 0 spiro atoms. The van der Waals surface area contributed by atoms with E-state index in [0.29, 0.717) is 13.2 Å². The lowest BCUT2D eigenvalue weighted by Crippen LogP contribution is -2.51. The summed E-state index contributed by atoms with van der Waals surface area (Å²) in [5, 5.41) is 0. The Hall–Kier alpha value is -0.980. The van der Waals surface area contributed by atoms with E-state index in [-0.39, 0.29) is 18.3 Å². The van der Waals surface area contributed by atoms with Crippen molar-refractivity contribution in [2.75, 3.05) is 27.9 Å². The molecule has 0 N–H and O–H groups in total. The maximum Gasteiger partial charge on any atom is 0.184 e. The van der Waals surface area contributed by atoms with Crippen LogP contribution in [0.4, 0.5) is 0 Å². The standard InChI is InChI=1S/C16H24O5/c1-17-11-15-13(18-2)9-14(16(19-3)21-15)20-10-12-7-5-4-6-8-12/h4-8,13-16H,9-11H2,1-3H3/t13-,14+,15+,16-/m0/s1. The molecule has 0 amide bonds. The van der Waals surface area contributed by atoms with Gasteiger partial charge in [-0.05, 0) is 5.56 Å². The average Bonchev–Trinajstić information content (AvgIpc) is 2.54. The second-order valence-electron chi connectivity index (χ2n) is 5.08. The Kier molecular flexibility index (Phi) is 6.60. The Balaban J connectivity index is 1.94. The van der Waals surface area contributed by atoms with Crippen molar-refractivity contribution < 1.29 is 23.7 Å². The first-order chi connectivity index (χ1) is 10.3. The lowest BCUT2D eigenvalue weighted by molar-refractivity contribution is -0.277. The van der Waals surface area contributed by atoms with E-state index in [4.69, 9.17) is 23.7 Å². The first-order valence-corrected chi connectivity index (χ1v) is 7.14. The third-order valence-electron chi connectivity index (χ3n) is 3.66. The van der Waals surface area contributed by atoms with Gasteiger partial charge in [0.1, 0.15) is 12.2 Å². The molecule has 0 saturated carbocycles. The molecule has 0 aliphatic carbocycles. The Morgan fingerprint density at radius 3 is 2.43 bits per heavy atom. The monoisotopic (exact) mass is 296 g/mol. The minimum Gasteiger partial charge on any atom is -0.382 e. The van der Waals surface area contributed by atoms with Gasteiger partial charge in [0.25, 0.3) is 0 Å². The molecule has 1 fully saturated rings. The largest absolute Gasteiger partial charge is 0.382 e. The van der Waals surface area contributed by atoms with Crippen LogP contribution in [0.5, 0.6) is 0 Å². The van der Waals surface area contributed by atoms with Gasteiger partial charge in [-0.15, -0.1) is 0 Å². The molecular formula is C16H24O5. The van der Waals surface area contributed by atoms with Crippen LogP contribution in [0.15, 0.2) is 30.3 Å². The van der Waals surface area contributed by atoms with Crippen LogP contribution < -0.4 is 0 Å². The van der Waals surface area contributed by atoms with Gasteiger partial charge < -0.3 is 23.7 Å². The van der Waals surface area contributed by atoms with Crippen LogP contribution in [-0.4, -0.2) is 52.5 Å². The van der Waals surface area contributed by atoms with Gasteiger partial charge in [-0.1, -0.05) is 30.3 Å². The normalized spacial score (nSPS) is 29.5. The second kappa shape index (κ2) is 8.46. The zero-order chi connectivity index (χ0) is 15.1. The predicted octanol–water partition coefficient (Wildman–Crippen LogP) is 1.99. The van der Waals surface area contributed by atoms with Crippen molar-refractivity contribution in [1.82, 2.24) is 0 Å². The van der Waals surface area contributed by atoms with Crippen LogP contribution in [-0.2, 0) is 30.3 Å². The van der Waals surface area contributed by atoms with Crippen LogP contribution in [0.2, 0.25) is 0 Å². The number of hydrogen-bond donors (Lipinski definition) is 0. The molecule has 1 aliphatic heterocycles. The van der Waals surface area contributed by atoms with Gasteiger partial charge in [-0.3, -0.25) is 0 Å². The van der Waals surface area contributed by atoms with E-state index >= 15 is 0 Å². The van der Waals surface area contributed by atoms with E-state index in [1.807, 2.05) is 30.3 Å². The molecule has 1 aliphatic rings. The highest BCUT2D eigenvalue weighted by Gasteiger charge is 2.39. The molecule has 0 radical (unpaired) electrons. The fourth-order valence-corrected chi connectivity index (χ4v) is 2.53. The smallest absolute Gasteiger partial charge is 0.184 e. The summed E-state index contributed by atoms with van der Waals surface area (Å²) in [5.74, 6) is 0. The highest BCUT2D eigenvalue weighted by molar-refractivity contribution is 5.13. The van der Waals surface area contributed by atoms with Gasteiger partial charge >= 0.3 is 0 Å². The molecule has 0 bridgehead atoms. The van der Waals surface area contributed by atoms with Gasteiger partial charge in [-0.25, -0.2) is 0 Å². The van der Waals surface area contributed by atoms with Crippen molar-refractivity contribution in [3.8, 4) is 0 Å². The molecule has 4 atom stereocenters. The van der Waals surface area contributed by atoms with Gasteiger partial charge in [0.05, 0.1) is 19.3 Å². The van der Waals surface area contributed by atoms with Gasteiger partial charge in [0.15, 0.2) is 6.29 Å². The highest BCUT2D eigenvalue weighted by Crippen LogP contribution is 2.26. The van der Waals surface area contributed by atoms with E-state index in [1.165, 1.54) is 0 Å². The van der Waals surface area contributed by atoms with Crippen molar-refractivity contribution in [3.63, 3.8) is 0 Å². The molecule has 2 rings (SSSR count). The number of methoxy groups -OCH3 is 3. The third-order valence-corrected chi connectivity index (χ3v) is 3.66. The predicted molar refractivity (Wildman–Crippen MR) is 78.0 cm³/mol. The lowest BCUT2D eigenvalue weighted by Gasteiger charge is -2.39. The number of hydrogen-bond acceptors (Lipinski definition) is 5. The molecule has 1 aromatic rings. The molecule has 21 heavy (non-hydrogen) atoms. The molecule has 1 aromatic carbocycles. The quantitative estimate of drug-likeness (QED) is 0.770. The van der Waals surface area contributed by atoms with E-state index in [1.54, 1.807) is 21.3 Å². The maximum atomic E-state index is 5.96. The fourth-order valence-electron chi connectivity index (χ4n) is 2.53. The third kappa shape index (κ3) is 4.49. The maximum absolute atomic E-state index is 5.96. The van der Waals surface area contributed by atoms with Gasteiger partial charge in [0.2, 0.25) is 0 Å². The van der Waals surface area contributed by atoms with Crippen LogP contribution in [0.25, 0.3) is 0 Å². The van der Waals surface area contributed by atoms with Crippen LogP contribution >= 0.6 is 0 Å². The zero-order valence-electron chi connectivity index (χ0n) is 12.9. The van der Waals surface area contributed by atoms with E-state index in [9.17, 15) is 0 Å². The Morgan fingerprint density at radius 2 is 1.81 bits per heavy atom. The van der Waals surface area contributed by atoms with Crippen LogP contribution in [0.1, 0.15) is 12.0 Å². The summed E-state index contributed by atoms with van der Waals surface area (Å²) in [7, 11) is 4.95. The van der Waals surface area contributed by atoms with Crippen molar-refractivity contribution in [3.05, 3.63) is 35.9 Å².